The zero-order chi connectivity index (χ0) is 36.0. The van der Waals surface area contributed by atoms with Gasteiger partial charge in [0, 0.05) is 44.9 Å². The molecule has 0 radical (unpaired) electrons. The Morgan fingerprint density at radius 3 is 1.22 bits per heavy atom. The molecule has 0 aromatic heterocycles. The van der Waals surface area contributed by atoms with E-state index in [0.717, 1.165) is 11.4 Å². The Bertz CT molecular complexity index is 2970. The summed E-state index contributed by atoms with van der Waals surface area (Å²) in [6, 6.07) is 74.2. The first-order chi connectivity index (χ1) is 27.3. The van der Waals surface area contributed by atoms with Crippen LogP contribution >= 0.6 is 0 Å². The van der Waals surface area contributed by atoms with Crippen LogP contribution in [0.3, 0.4) is 0 Å². The van der Waals surface area contributed by atoms with Gasteiger partial charge in [0.25, 0.3) is 6.71 Å². The molecule has 0 aliphatic carbocycles. The maximum Gasteiger partial charge on any atom is 0.252 e. The van der Waals surface area contributed by atoms with E-state index in [0.29, 0.717) is 0 Å². The molecule has 0 fully saturated rings. The van der Waals surface area contributed by atoms with E-state index < -0.39 is 0 Å². The van der Waals surface area contributed by atoms with Crippen molar-refractivity contribution in [1.82, 2.24) is 0 Å². The summed E-state index contributed by atoms with van der Waals surface area (Å²) in [6.07, 6.45) is 0. The first-order valence-corrected chi connectivity index (χ1v) is 19.1. The number of benzene rings is 10. The highest BCUT2D eigenvalue weighted by atomic mass is 15.2. The van der Waals surface area contributed by atoms with Crippen molar-refractivity contribution in [2.75, 3.05) is 9.80 Å². The maximum absolute atomic E-state index is 2.55. The fourth-order valence-corrected chi connectivity index (χ4v) is 9.64. The van der Waals surface area contributed by atoms with Crippen molar-refractivity contribution in [2.24, 2.45) is 0 Å². The summed E-state index contributed by atoms with van der Waals surface area (Å²) in [4.78, 5) is 5.11. The molecule has 10 aromatic carbocycles. The van der Waals surface area contributed by atoms with Crippen molar-refractivity contribution in [2.45, 2.75) is 0 Å². The maximum atomic E-state index is 2.55. The second-order valence-corrected chi connectivity index (χ2v) is 14.8. The number of hydrogen-bond acceptors (Lipinski definition) is 2. The lowest BCUT2D eigenvalue weighted by molar-refractivity contribution is 1.27. The first-order valence-electron chi connectivity index (χ1n) is 19.1. The fraction of sp³-hybridized carbons (Fsp3) is 0. The lowest BCUT2D eigenvalue weighted by Gasteiger charge is -2.45. The summed E-state index contributed by atoms with van der Waals surface area (Å²) in [6.45, 7) is 0.00601. The monoisotopic (exact) mass is 696 g/mol. The van der Waals surface area contributed by atoms with Crippen molar-refractivity contribution in [3.63, 3.8) is 0 Å². The molecule has 2 nitrogen and oxygen atoms in total. The minimum Gasteiger partial charge on any atom is -0.311 e. The molecule has 0 amide bonds. The van der Waals surface area contributed by atoms with Gasteiger partial charge in [-0.3, -0.25) is 0 Å². The van der Waals surface area contributed by atoms with Gasteiger partial charge in [0.15, 0.2) is 0 Å². The Morgan fingerprint density at radius 2 is 0.727 bits per heavy atom. The molecule has 0 bridgehead atoms. The minimum absolute atomic E-state index is 0.00601. The van der Waals surface area contributed by atoms with Crippen LogP contribution in [0, 0.1) is 0 Å². The van der Waals surface area contributed by atoms with Crippen LogP contribution in [0.4, 0.5) is 34.1 Å². The molecule has 0 unspecified atom stereocenters. The average Bonchev–Trinajstić information content (AvgIpc) is 3.26. The number of hydrogen-bond donors (Lipinski definition) is 0. The van der Waals surface area contributed by atoms with Crippen LogP contribution in [0.15, 0.2) is 200 Å². The Morgan fingerprint density at radius 1 is 0.309 bits per heavy atom. The van der Waals surface area contributed by atoms with Crippen molar-refractivity contribution >= 4 is 100 Å². The van der Waals surface area contributed by atoms with Gasteiger partial charge in [-0.2, -0.15) is 0 Å². The van der Waals surface area contributed by atoms with Crippen molar-refractivity contribution in [3.8, 4) is 11.1 Å². The molecule has 2 aliphatic heterocycles. The molecule has 254 valence electrons. The summed E-state index contributed by atoms with van der Waals surface area (Å²) in [5.41, 5.74) is 13.6. The summed E-state index contributed by atoms with van der Waals surface area (Å²) >= 11 is 0. The Labute approximate surface area is 320 Å². The van der Waals surface area contributed by atoms with E-state index in [-0.39, 0.29) is 6.71 Å². The highest BCUT2D eigenvalue weighted by Gasteiger charge is 2.44. The Kier molecular flexibility index (Phi) is 6.46. The van der Waals surface area contributed by atoms with Gasteiger partial charge in [-0.1, -0.05) is 164 Å². The molecule has 0 spiro atoms. The van der Waals surface area contributed by atoms with E-state index in [9.17, 15) is 0 Å². The quantitative estimate of drug-likeness (QED) is 0.134. The van der Waals surface area contributed by atoms with Crippen molar-refractivity contribution in [1.29, 1.82) is 0 Å². The van der Waals surface area contributed by atoms with Crippen LogP contribution in [-0.2, 0) is 0 Å². The fourth-order valence-electron chi connectivity index (χ4n) is 9.64. The molecule has 2 heterocycles. The van der Waals surface area contributed by atoms with Crippen LogP contribution in [0.25, 0.3) is 54.2 Å². The number of rotatable bonds is 3. The van der Waals surface area contributed by atoms with Crippen LogP contribution in [-0.4, -0.2) is 6.71 Å². The van der Waals surface area contributed by atoms with Gasteiger partial charge in [0.1, 0.15) is 0 Å². The third-order valence-corrected chi connectivity index (χ3v) is 12.0. The van der Waals surface area contributed by atoms with Crippen LogP contribution in [0.1, 0.15) is 0 Å². The number of fused-ring (bicyclic) bond motifs is 12. The van der Waals surface area contributed by atoms with Crippen LogP contribution in [0.5, 0.6) is 0 Å². The highest BCUT2D eigenvalue weighted by Crippen LogP contribution is 2.49. The third kappa shape index (κ3) is 4.38. The smallest absolute Gasteiger partial charge is 0.252 e. The van der Waals surface area contributed by atoms with Gasteiger partial charge < -0.3 is 9.80 Å². The second kappa shape index (κ2) is 11.7. The second-order valence-electron chi connectivity index (χ2n) is 14.8. The molecule has 55 heavy (non-hydrogen) atoms. The molecule has 10 aromatic rings. The van der Waals surface area contributed by atoms with E-state index in [1.807, 2.05) is 0 Å². The van der Waals surface area contributed by atoms with E-state index in [1.54, 1.807) is 0 Å². The zero-order valence-electron chi connectivity index (χ0n) is 30.0. The predicted molar refractivity (Wildman–Crippen MR) is 236 cm³/mol. The molecular weight excluding hydrogens is 663 g/mol. The van der Waals surface area contributed by atoms with Crippen molar-refractivity contribution in [3.05, 3.63) is 200 Å². The molecule has 3 heteroatoms. The topological polar surface area (TPSA) is 6.48 Å². The Balaban J connectivity index is 1.28. The lowest BCUT2D eigenvalue weighted by Crippen LogP contribution is -2.61. The number of nitrogens with zero attached hydrogens (tertiary/aromatic N) is 2. The van der Waals surface area contributed by atoms with Gasteiger partial charge >= 0.3 is 0 Å². The van der Waals surface area contributed by atoms with Gasteiger partial charge in [0.2, 0.25) is 0 Å². The van der Waals surface area contributed by atoms with Crippen LogP contribution < -0.4 is 26.2 Å². The minimum atomic E-state index is 0.00601. The normalized spacial score (nSPS) is 13.0. The average molecular weight is 697 g/mol. The van der Waals surface area contributed by atoms with E-state index in [2.05, 4.69) is 210 Å². The van der Waals surface area contributed by atoms with Gasteiger partial charge in [-0.15, -0.1) is 0 Å². The Hall–Kier alpha value is -7.10. The first kappa shape index (κ1) is 30.4. The standard InChI is InChI=1S/C52H33BN2/c1-4-14-34(15-5-1)37-32-48-50-49(33-37)55(39-20-8-3-9-21-39)52-45-27-25-36-17-11-13-23-41(36)43(45)29-31-47(52)53(50)46-30-28-42-40-22-12-10-16-35(40)24-26-44(42)51(46)54(48)38-18-6-2-7-19-38/h1-33H. The van der Waals surface area contributed by atoms with Crippen LogP contribution in [0.2, 0.25) is 0 Å². The van der Waals surface area contributed by atoms with Crippen molar-refractivity contribution < 1.29 is 0 Å². The third-order valence-electron chi connectivity index (χ3n) is 12.0. The zero-order valence-corrected chi connectivity index (χ0v) is 30.0. The molecule has 0 N–H and O–H groups in total. The summed E-state index contributed by atoms with van der Waals surface area (Å²) in [5, 5.41) is 10.1. The highest BCUT2D eigenvalue weighted by molar-refractivity contribution is 7.00. The summed E-state index contributed by atoms with van der Waals surface area (Å²) in [7, 11) is 0. The lowest BCUT2D eigenvalue weighted by atomic mass is 9.33. The number of para-hydroxylation sites is 2. The molecule has 12 rings (SSSR count). The molecule has 2 aliphatic rings. The van der Waals surface area contributed by atoms with Gasteiger partial charge in [-0.05, 0) is 96.2 Å². The molecular formula is C52H33BN2. The summed E-state index contributed by atoms with van der Waals surface area (Å²) in [5.74, 6) is 0. The van der Waals surface area contributed by atoms with E-state index in [1.165, 1.54) is 93.4 Å². The predicted octanol–water partition coefficient (Wildman–Crippen LogP) is 12.0. The van der Waals surface area contributed by atoms with Gasteiger partial charge in [-0.25, -0.2) is 0 Å². The van der Waals surface area contributed by atoms with Gasteiger partial charge in [0.05, 0.1) is 0 Å². The van der Waals surface area contributed by atoms with E-state index >= 15 is 0 Å². The number of anilines is 6. The molecule has 0 atom stereocenters. The molecule has 0 saturated carbocycles. The molecule has 0 saturated heterocycles. The van der Waals surface area contributed by atoms with E-state index in [4.69, 9.17) is 0 Å². The SMILES string of the molecule is c1ccc(-c2cc3c4c(c2)N(c2ccccc2)c2c(ccc5c2ccc2ccccc25)B4c2ccc4c(ccc5ccccc54)c2N3c2ccccc2)cc1. The largest absolute Gasteiger partial charge is 0.311 e. The summed E-state index contributed by atoms with van der Waals surface area (Å²) < 4.78 is 0.